The topological polar surface area (TPSA) is 101 Å². The number of carbonyl (C=O) groups excluding carboxylic acids is 2. The van der Waals surface area contributed by atoms with E-state index in [1.165, 1.54) is 31.3 Å². The summed E-state index contributed by atoms with van der Waals surface area (Å²) in [6, 6.07) is 12.9. The number of nitro groups is 1. The maximum absolute atomic E-state index is 12.6. The minimum Gasteiger partial charge on any atom is -0.354 e. The summed E-state index contributed by atoms with van der Waals surface area (Å²) in [5, 5.41) is 16.0. The maximum atomic E-state index is 12.6. The Hall–Kier alpha value is -3.48. The molecule has 2 rings (SSSR count). The van der Waals surface area contributed by atoms with Crippen molar-refractivity contribution >= 4 is 23.6 Å². The zero-order valence-electron chi connectivity index (χ0n) is 16.3. The SMILES string of the molecule is CNC(=O)C(=Cc1cccc([N+](=O)[O-])c1)NC(=O)c1ccc(C(C)(C)C)cc1. The maximum Gasteiger partial charge on any atom is 0.270 e. The average molecular weight is 381 g/mol. The lowest BCUT2D eigenvalue weighted by molar-refractivity contribution is -0.384. The fourth-order valence-electron chi connectivity index (χ4n) is 2.50. The molecule has 2 aromatic carbocycles. The zero-order valence-corrected chi connectivity index (χ0v) is 16.3. The van der Waals surface area contributed by atoms with Gasteiger partial charge in [0.05, 0.1) is 4.92 Å². The first-order valence-corrected chi connectivity index (χ1v) is 8.72. The number of carbonyl (C=O) groups is 2. The van der Waals surface area contributed by atoms with E-state index in [0.29, 0.717) is 11.1 Å². The summed E-state index contributed by atoms with van der Waals surface area (Å²) in [6.45, 7) is 6.23. The first-order chi connectivity index (χ1) is 13.1. The summed E-state index contributed by atoms with van der Waals surface area (Å²) in [5.74, 6) is -0.952. The Morgan fingerprint density at radius 3 is 2.25 bits per heavy atom. The Labute approximate surface area is 163 Å². The van der Waals surface area contributed by atoms with Gasteiger partial charge in [0.25, 0.3) is 17.5 Å². The van der Waals surface area contributed by atoms with Crippen LogP contribution in [0.15, 0.2) is 54.2 Å². The smallest absolute Gasteiger partial charge is 0.270 e. The van der Waals surface area contributed by atoms with Gasteiger partial charge in [0.1, 0.15) is 5.70 Å². The molecule has 2 amide bonds. The standard InChI is InChI=1S/C21H23N3O4/c1-21(2,3)16-10-8-15(9-11-16)19(25)23-18(20(26)22-4)13-14-6-5-7-17(12-14)24(27)28/h5-13H,1-4H3,(H,22,26)(H,23,25). The number of amides is 2. The lowest BCUT2D eigenvalue weighted by Crippen LogP contribution is -2.33. The first kappa shape index (κ1) is 20.8. The highest BCUT2D eigenvalue weighted by Crippen LogP contribution is 2.22. The Balaban J connectivity index is 2.29. The average Bonchev–Trinajstić information content (AvgIpc) is 2.66. The van der Waals surface area contributed by atoms with Crippen molar-refractivity contribution < 1.29 is 14.5 Å². The number of hydrogen-bond acceptors (Lipinski definition) is 4. The van der Waals surface area contributed by atoms with Crippen LogP contribution in [0.3, 0.4) is 0 Å². The van der Waals surface area contributed by atoms with Gasteiger partial charge < -0.3 is 10.6 Å². The van der Waals surface area contributed by atoms with Crippen LogP contribution in [0.1, 0.15) is 42.3 Å². The number of hydrogen-bond donors (Lipinski definition) is 2. The molecule has 0 fully saturated rings. The predicted molar refractivity (Wildman–Crippen MR) is 108 cm³/mol. The Kier molecular flexibility index (Phi) is 6.30. The fraction of sp³-hybridized carbons (Fsp3) is 0.238. The molecule has 0 aliphatic rings. The molecule has 0 atom stereocenters. The van der Waals surface area contributed by atoms with Gasteiger partial charge in [-0.3, -0.25) is 19.7 Å². The number of nitrogens with one attached hydrogen (secondary N) is 2. The quantitative estimate of drug-likeness (QED) is 0.471. The van der Waals surface area contributed by atoms with Crippen molar-refractivity contribution in [2.45, 2.75) is 26.2 Å². The van der Waals surface area contributed by atoms with Crippen LogP contribution in [-0.4, -0.2) is 23.8 Å². The van der Waals surface area contributed by atoms with Crippen LogP contribution in [0.25, 0.3) is 6.08 Å². The van der Waals surface area contributed by atoms with Crippen LogP contribution < -0.4 is 10.6 Å². The molecular formula is C21H23N3O4. The van der Waals surface area contributed by atoms with Crippen molar-refractivity contribution in [3.05, 3.63) is 81.0 Å². The molecule has 2 N–H and O–H groups in total. The molecule has 28 heavy (non-hydrogen) atoms. The van der Waals surface area contributed by atoms with Crippen molar-refractivity contribution in [3.63, 3.8) is 0 Å². The van der Waals surface area contributed by atoms with Gasteiger partial charge in [-0.2, -0.15) is 0 Å². The molecule has 0 heterocycles. The second-order valence-electron chi connectivity index (χ2n) is 7.27. The summed E-state index contributed by atoms with van der Waals surface area (Å²) in [6.07, 6.45) is 1.40. The van der Waals surface area contributed by atoms with Gasteiger partial charge in [-0.05, 0) is 34.8 Å². The Morgan fingerprint density at radius 1 is 1.07 bits per heavy atom. The van der Waals surface area contributed by atoms with Crippen LogP contribution in [0.5, 0.6) is 0 Å². The van der Waals surface area contributed by atoms with Crippen molar-refractivity contribution in [1.82, 2.24) is 10.6 Å². The van der Waals surface area contributed by atoms with Gasteiger partial charge >= 0.3 is 0 Å². The number of benzene rings is 2. The largest absolute Gasteiger partial charge is 0.354 e. The fourth-order valence-corrected chi connectivity index (χ4v) is 2.50. The third kappa shape index (κ3) is 5.26. The predicted octanol–water partition coefficient (Wildman–Crippen LogP) is 3.41. The number of rotatable bonds is 5. The molecule has 0 bridgehead atoms. The highest BCUT2D eigenvalue weighted by atomic mass is 16.6. The molecule has 7 nitrogen and oxygen atoms in total. The van der Waals surface area contributed by atoms with Gasteiger partial charge in [-0.25, -0.2) is 0 Å². The van der Waals surface area contributed by atoms with Crippen molar-refractivity contribution in [3.8, 4) is 0 Å². The van der Waals surface area contributed by atoms with Crippen LogP contribution in [0.4, 0.5) is 5.69 Å². The normalized spacial score (nSPS) is 11.6. The third-order valence-electron chi connectivity index (χ3n) is 4.13. The molecule has 146 valence electrons. The highest BCUT2D eigenvalue weighted by Gasteiger charge is 2.17. The minimum absolute atomic E-state index is 0.00658. The van der Waals surface area contributed by atoms with Gasteiger partial charge in [-0.1, -0.05) is 45.0 Å². The van der Waals surface area contributed by atoms with Gasteiger partial charge in [-0.15, -0.1) is 0 Å². The van der Waals surface area contributed by atoms with E-state index in [0.717, 1.165) is 5.56 Å². The second-order valence-corrected chi connectivity index (χ2v) is 7.27. The molecule has 0 saturated heterocycles. The van der Waals surface area contributed by atoms with Crippen LogP contribution in [0.2, 0.25) is 0 Å². The van der Waals surface area contributed by atoms with Gasteiger partial charge in [0.2, 0.25) is 0 Å². The van der Waals surface area contributed by atoms with Crippen molar-refractivity contribution in [2.75, 3.05) is 7.05 Å². The second kappa shape index (κ2) is 8.47. The van der Waals surface area contributed by atoms with E-state index < -0.39 is 16.7 Å². The molecular weight excluding hydrogens is 358 g/mol. The summed E-state index contributed by atoms with van der Waals surface area (Å²) in [4.78, 5) is 35.1. The molecule has 7 heteroatoms. The number of nitrogens with zero attached hydrogens (tertiary/aromatic N) is 1. The summed E-state index contributed by atoms with van der Waals surface area (Å²) in [7, 11) is 1.44. The highest BCUT2D eigenvalue weighted by molar-refractivity contribution is 6.05. The number of nitro benzene ring substituents is 1. The Morgan fingerprint density at radius 2 is 1.71 bits per heavy atom. The lowest BCUT2D eigenvalue weighted by Gasteiger charge is -2.19. The van der Waals surface area contributed by atoms with Crippen molar-refractivity contribution in [1.29, 1.82) is 0 Å². The molecule has 0 spiro atoms. The number of likely N-dealkylation sites (N-methyl/N-ethyl adjacent to an activating group) is 1. The Bertz CT molecular complexity index is 925. The van der Waals surface area contributed by atoms with E-state index in [-0.39, 0.29) is 16.8 Å². The van der Waals surface area contributed by atoms with E-state index in [2.05, 4.69) is 31.4 Å². The van der Waals surface area contributed by atoms with Crippen LogP contribution in [-0.2, 0) is 10.2 Å². The monoisotopic (exact) mass is 381 g/mol. The number of non-ortho nitro benzene ring substituents is 1. The van der Waals surface area contributed by atoms with E-state index in [9.17, 15) is 19.7 Å². The van der Waals surface area contributed by atoms with E-state index >= 15 is 0 Å². The molecule has 0 aliphatic carbocycles. The summed E-state index contributed by atoms with van der Waals surface area (Å²) >= 11 is 0. The molecule has 2 aromatic rings. The van der Waals surface area contributed by atoms with Gasteiger partial charge in [0.15, 0.2) is 0 Å². The zero-order chi connectivity index (χ0) is 20.9. The lowest BCUT2D eigenvalue weighted by atomic mass is 9.87. The first-order valence-electron chi connectivity index (χ1n) is 8.72. The van der Waals surface area contributed by atoms with Crippen molar-refractivity contribution in [2.24, 2.45) is 0 Å². The third-order valence-corrected chi connectivity index (χ3v) is 4.13. The molecule has 0 radical (unpaired) electrons. The summed E-state index contributed by atoms with van der Waals surface area (Å²) < 4.78 is 0. The van der Waals surface area contributed by atoms with E-state index in [1.807, 2.05) is 12.1 Å². The van der Waals surface area contributed by atoms with E-state index in [1.54, 1.807) is 18.2 Å². The van der Waals surface area contributed by atoms with Crippen LogP contribution in [0, 0.1) is 10.1 Å². The summed E-state index contributed by atoms with van der Waals surface area (Å²) in [5.41, 5.74) is 1.77. The molecule has 0 aromatic heterocycles. The molecule has 0 unspecified atom stereocenters. The molecule has 0 saturated carbocycles. The van der Waals surface area contributed by atoms with Gasteiger partial charge in [0, 0.05) is 24.7 Å². The minimum atomic E-state index is -0.522. The van der Waals surface area contributed by atoms with Crippen LogP contribution >= 0.6 is 0 Å². The van der Waals surface area contributed by atoms with E-state index in [4.69, 9.17) is 0 Å². The molecule has 0 aliphatic heterocycles.